The lowest BCUT2D eigenvalue weighted by Crippen LogP contribution is -2.60. The quantitative estimate of drug-likeness (QED) is 0.243. The number of ether oxygens (including phenoxy) is 5. The summed E-state index contributed by atoms with van der Waals surface area (Å²) in [5, 5.41) is 15.4. The molecular formula is C43H61N3O10. The van der Waals surface area contributed by atoms with E-state index in [4.69, 9.17) is 23.7 Å². The topological polar surface area (TPSA) is 163 Å². The standard InChI is InChI=1S/C43H61N3O10/c1-11-14-33-43(8)37(45-41(51)56-43)26(4)34(47)24(2)23-42(7,52-20-13-15-29-17-18-31-30(22-29)16-12-19-44-31)38(27(5)35(48)28(6)39(50)54-33)55-40-36(49)32(46(9)10)21-25(3)53-40/h12-13,15-19,22,24-28,32-33,36-38,40,49H,11,14,20-21,23H2,1-10H3,(H,45,51)/b15-13+/t24-,25-,26+,27+,28-,32+,33-,36-,37+,38-,40+,42-,43-/m1/s1. The number of cyclic esters (lactones) is 1. The summed E-state index contributed by atoms with van der Waals surface area (Å²) in [4.78, 5) is 62.0. The van der Waals surface area contributed by atoms with Crippen molar-refractivity contribution < 1.29 is 48.0 Å². The number of aromatic nitrogens is 1. The van der Waals surface area contributed by atoms with Crippen LogP contribution in [0.15, 0.2) is 42.6 Å². The van der Waals surface area contributed by atoms with Crippen LogP contribution >= 0.6 is 0 Å². The number of nitrogens with zero attached hydrogens (tertiary/aromatic N) is 2. The molecule has 5 rings (SSSR count). The van der Waals surface area contributed by atoms with Crippen molar-refractivity contribution >= 4 is 40.6 Å². The summed E-state index contributed by atoms with van der Waals surface area (Å²) < 4.78 is 31.6. The number of carbonyl (C=O) groups excluding carboxylic acids is 4. The van der Waals surface area contributed by atoms with E-state index < -0.39 is 83.4 Å². The lowest BCUT2D eigenvalue weighted by Gasteiger charge is -2.47. The summed E-state index contributed by atoms with van der Waals surface area (Å²) in [6, 6.07) is 8.66. The lowest BCUT2D eigenvalue weighted by atomic mass is 9.73. The average Bonchev–Trinajstić information content (AvgIpc) is 3.48. The van der Waals surface area contributed by atoms with Crippen LogP contribution < -0.4 is 5.32 Å². The minimum absolute atomic E-state index is 0.0739. The van der Waals surface area contributed by atoms with Crippen molar-refractivity contribution in [1.29, 1.82) is 0 Å². The number of alkyl carbamates (subject to hydrolysis) is 1. The van der Waals surface area contributed by atoms with Gasteiger partial charge in [0.25, 0.3) is 0 Å². The Balaban J connectivity index is 1.56. The molecular weight excluding hydrogens is 718 g/mol. The highest BCUT2D eigenvalue weighted by Crippen LogP contribution is 2.40. The van der Waals surface area contributed by atoms with Gasteiger partial charge < -0.3 is 39.0 Å². The summed E-state index contributed by atoms with van der Waals surface area (Å²) in [5.41, 5.74) is -0.922. The molecule has 0 unspecified atom stereocenters. The number of Topliss-reactive ketones (excluding diaryl/α,β-unsaturated/α-hetero) is 2. The van der Waals surface area contributed by atoms with Crippen LogP contribution in [0.25, 0.3) is 17.0 Å². The first kappa shape index (κ1) is 43.4. The molecule has 56 heavy (non-hydrogen) atoms. The van der Waals surface area contributed by atoms with Crippen molar-refractivity contribution in [1.82, 2.24) is 15.2 Å². The number of benzene rings is 1. The Hall–Kier alpha value is -3.75. The van der Waals surface area contributed by atoms with E-state index in [1.54, 1.807) is 40.8 Å². The van der Waals surface area contributed by atoms with Crippen LogP contribution in [0.5, 0.6) is 0 Å². The minimum atomic E-state index is -1.38. The van der Waals surface area contributed by atoms with E-state index in [1.165, 1.54) is 6.92 Å². The fraction of sp³-hybridized carbons (Fsp3) is 0.651. The molecule has 1 aromatic heterocycles. The number of esters is 1. The molecule has 0 bridgehead atoms. The molecule has 308 valence electrons. The predicted octanol–water partition coefficient (Wildman–Crippen LogP) is 5.50. The molecule has 0 radical (unpaired) electrons. The number of aliphatic hydroxyl groups excluding tert-OH is 1. The van der Waals surface area contributed by atoms with Gasteiger partial charge in [-0.05, 0) is 84.8 Å². The van der Waals surface area contributed by atoms with E-state index in [-0.39, 0.29) is 31.0 Å². The zero-order chi connectivity index (χ0) is 41.1. The Morgan fingerprint density at radius 3 is 2.46 bits per heavy atom. The number of amides is 1. The maximum atomic E-state index is 14.5. The van der Waals surface area contributed by atoms with Gasteiger partial charge in [0.15, 0.2) is 17.7 Å². The number of rotatable bonds is 9. The number of pyridine rings is 1. The number of aliphatic hydroxyl groups is 1. The van der Waals surface area contributed by atoms with Crippen molar-refractivity contribution in [3.8, 4) is 0 Å². The Bertz CT molecular complexity index is 1770. The van der Waals surface area contributed by atoms with Gasteiger partial charge in [-0.25, -0.2) is 4.79 Å². The number of hydrogen-bond acceptors (Lipinski definition) is 12. The van der Waals surface area contributed by atoms with Crippen LogP contribution in [0, 0.1) is 23.7 Å². The highest BCUT2D eigenvalue weighted by Gasteiger charge is 2.57. The third-order valence-electron chi connectivity index (χ3n) is 12.1. The van der Waals surface area contributed by atoms with Crippen molar-refractivity contribution in [3.05, 3.63) is 48.2 Å². The summed E-state index contributed by atoms with van der Waals surface area (Å²) in [6.45, 7) is 14.1. The molecule has 3 saturated heterocycles. The molecule has 2 N–H and O–H groups in total. The van der Waals surface area contributed by atoms with Gasteiger partial charge in [0, 0.05) is 35.4 Å². The van der Waals surface area contributed by atoms with Gasteiger partial charge >= 0.3 is 12.1 Å². The molecule has 13 atom stereocenters. The number of carbonyl (C=O) groups is 4. The molecule has 2 aromatic rings. The number of likely N-dealkylation sites (N-methyl/N-ethyl adjacent to an activating group) is 1. The number of ketones is 2. The first-order valence-electron chi connectivity index (χ1n) is 20.0. The van der Waals surface area contributed by atoms with Gasteiger partial charge in [0.05, 0.1) is 36.0 Å². The second-order valence-corrected chi connectivity index (χ2v) is 16.7. The molecule has 3 fully saturated rings. The van der Waals surface area contributed by atoms with Gasteiger partial charge in [-0.3, -0.25) is 19.4 Å². The molecule has 0 aliphatic carbocycles. The zero-order valence-electron chi connectivity index (χ0n) is 34.5. The van der Waals surface area contributed by atoms with Crippen LogP contribution in [0.1, 0.15) is 86.6 Å². The first-order chi connectivity index (χ1) is 26.4. The minimum Gasteiger partial charge on any atom is -0.457 e. The van der Waals surface area contributed by atoms with Crippen LogP contribution in [-0.2, 0) is 38.1 Å². The van der Waals surface area contributed by atoms with Gasteiger partial charge in [0.2, 0.25) is 0 Å². The third-order valence-corrected chi connectivity index (χ3v) is 12.1. The zero-order valence-corrected chi connectivity index (χ0v) is 34.5. The van der Waals surface area contributed by atoms with E-state index in [0.717, 1.165) is 16.5 Å². The molecule has 13 nitrogen and oxygen atoms in total. The first-order valence-corrected chi connectivity index (χ1v) is 20.0. The van der Waals surface area contributed by atoms with E-state index in [9.17, 15) is 24.3 Å². The van der Waals surface area contributed by atoms with Gasteiger partial charge in [-0.1, -0.05) is 58.4 Å². The van der Waals surface area contributed by atoms with Crippen molar-refractivity contribution in [2.75, 3.05) is 20.7 Å². The lowest BCUT2D eigenvalue weighted by molar-refractivity contribution is -0.296. The molecule has 0 spiro atoms. The van der Waals surface area contributed by atoms with E-state index in [1.807, 2.05) is 75.3 Å². The van der Waals surface area contributed by atoms with Gasteiger partial charge in [-0.2, -0.15) is 0 Å². The van der Waals surface area contributed by atoms with E-state index in [0.29, 0.717) is 19.3 Å². The highest BCUT2D eigenvalue weighted by molar-refractivity contribution is 6.00. The molecule has 1 amide bonds. The fourth-order valence-corrected chi connectivity index (χ4v) is 8.87. The van der Waals surface area contributed by atoms with Crippen molar-refractivity contribution in [2.45, 2.75) is 135 Å². The Morgan fingerprint density at radius 1 is 1.04 bits per heavy atom. The fourth-order valence-electron chi connectivity index (χ4n) is 8.87. The van der Waals surface area contributed by atoms with Crippen LogP contribution in [-0.4, -0.2) is 113 Å². The smallest absolute Gasteiger partial charge is 0.408 e. The maximum absolute atomic E-state index is 14.5. The molecule has 3 aliphatic heterocycles. The number of nitrogens with one attached hydrogen (secondary N) is 1. The van der Waals surface area contributed by atoms with Gasteiger partial charge in [-0.15, -0.1) is 0 Å². The molecule has 3 aliphatic rings. The molecule has 4 heterocycles. The number of fused-ring (bicyclic) bond motifs is 2. The molecule has 13 heteroatoms. The summed E-state index contributed by atoms with van der Waals surface area (Å²) in [6.07, 6.45) is 1.85. The summed E-state index contributed by atoms with van der Waals surface area (Å²) in [7, 11) is 3.75. The van der Waals surface area contributed by atoms with E-state index >= 15 is 0 Å². The monoisotopic (exact) mass is 779 g/mol. The Morgan fingerprint density at radius 2 is 1.77 bits per heavy atom. The SMILES string of the molecule is CCC[C@H]1OC(=O)[C@H](C)C(=O)[C@H](C)[C@@H](O[C@@H]2O[C@H](C)C[C@H](N(C)C)[C@H]2O)[C@](C)(OC/C=C/c2ccc3ncccc3c2)C[C@@H](C)C(=O)[C@H](C)[C@@H]2NC(=O)O[C@]12C. The average molecular weight is 780 g/mol. The van der Waals surface area contributed by atoms with Crippen LogP contribution in [0.2, 0.25) is 0 Å². The van der Waals surface area contributed by atoms with Crippen molar-refractivity contribution in [2.24, 2.45) is 23.7 Å². The Labute approximate surface area is 330 Å². The normalized spacial score (nSPS) is 37.6. The molecule has 1 aromatic carbocycles. The van der Waals surface area contributed by atoms with Crippen LogP contribution in [0.4, 0.5) is 4.79 Å². The third kappa shape index (κ3) is 9.18. The van der Waals surface area contributed by atoms with Crippen molar-refractivity contribution in [3.63, 3.8) is 0 Å². The highest BCUT2D eigenvalue weighted by atomic mass is 16.7. The second kappa shape index (κ2) is 17.8. The Kier molecular flexibility index (Phi) is 13.8. The largest absolute Gasteiger partial charge is 0.457 e. The van der Waals surface area contributed by atoms with Crippen LogP contribution in [0.3, 0.4) is 0 Å². The second-order valence-electron chi connectivity index (χ2n) is 16.7. The van der Waals surface area contributed by atoms with E-state index in [2.05, 4.69) is 10.3 Å². The summed E-state index contributed by atoms with van der Waals surface area (Å²) >= 11 is 0. The predicted molar refractivity (Wildman–Crippen MR) is 210 cm³/mol. The van der Waals surface area contributed by atoms with Gasteiger partial charge in [0.1, 0.15) is 23.9 Å². The number of hydrogen-bond donors (Lipinski definition) is 2. The summed E-state index contributed by atoms with van der Waals surface area (Å²) in [5.74, 6) is -5.08. The maximum Gasteiger partial charge on any atom is 0.408 e. The molecule has 0 saturated carbocycles.